The molecular formula is C9H13N3O. The van der Waals surface area contributed by atoms with E-state index in [1.807, 2.05) is 38.1 Å². The molecule has 0 spiro atoms. The maximum Gasteiger partial charge on any atom is 0.130 e. The van der Waals surface area contributed by atoms with Gasteiger partial charge in [0.1, 0.15) is 18.1 Å². The molecule has 0 saturated heterocycles. The second-order valence-corrected chi connectivity index (χ2v) is 2.13. The fourth-order valence-electron chi connectivity index (χ4n) is 0.982. The Labute approximate surface area is 77.1 Å². The van der Waals surface area contributed by atoms with Crippen molar-refractivity contribution in [3.8, 4) is 0 Å². The van der Waals surface area contributed by atoms with Crippen molar-refractivity contribution in [2.45, 2.75) is 13.8 Å². The molecular weight excluding hydrogens is 166 g/mol. The molecule has 0 bridgehead atoms. The first-order valence-electron chi connectivity index (χ1n) is 4.27. The molecule has 2 aromatic rings. The van der Waals surface area contributed by atoms with E-state index in [4.69, 9.17) is 4.84 Å². The highest BCUT2D eigenvalue weighted by atomic mass is 16.7. The van der Waals surface area contributed by atoms with Crippen LogP contribution in [0.4, 0.5) is 0 Å². The normalized spacial score (nSPS) is 9.15. The van der Waals surface area contributed by atoms with E-state index in [9.17, 15) is 0 Å². The molecule has 4 heteroatoms. The topological polar surface area (TPSA) is 39.9 Å². The summed E-state index contributed by atoms with van der Waals surface area (Å²) in [5.41, 5.74) is 1.73. The molecule has 0 amide bonds. The summed E-state index contributed by atoms with van der Waals surface area (Å²) in [6.45, 7) is 4.00. The van der Waals surface area contributed by atoms with Crippen molar-refractivity contribution >= 4 is 11.0 Å². The molecule has 1 aromatic heterocycles. The summed E-state index contributed by atoms with van der Waals surface area (Å²) in [5, 5.41) is 7.64. The predicted molar refractivity (Wildman–Crippen MR) is 51.4 cm³/mol. The standard InChI is InChI=1S/C7H7N3O.C2H6/c1-11-10-7-5-3-2-4-6(7)8-9-10;1-2/h2-5H,1H3;1-2H3. The van der Waals surface area contributed by atoms with Crippen LogP contribution in [-0.2, 0) is 0 Å². The van der Waals surface area contributed by atoms with E-state index in [0.717, 1.165) is 11.0 Å². The number of benzene rings is 1. The van der Waals surface area contributed by atoms with Gasteiger partial charge in [0.15, 0.2) is 0 Å². The van der Waals surface area contributed by atoms with E-state index >= 15 is 0 Å². The van der Waals surface area contributed by atoms with E-state index in [1.165, 1.54) is 4.85 Å². The largest absolute Gasteiger partial charge is 0.398 e. The van der Waals surface area contributed by atoms with Crippen LogP contribution in [0.1, 0.15) is 13.8 Å². The fraction of sp³-hybridized carbons (Fsp3) is 0.333. The van der Waals surface area contributed by atoms with Gasteiger partial charge in [0, 0.05) is 0 Å². The molecule has 1 heterocycles. The van der Waals surface area contributed by atoms with Crippen LogP contribution in [0.5, 0.6) is 0 Å². The third-order valence-corrected chi connectivity index (χ3v) is 1.49. The summed E-state index contributed by atoms with van der Waals surface area (Å²) in [7, 11) is 1.56. The molecule has 0 aliphatic heterocycles. The number of hydrogen-bond acceptors (Lipinski definition) is 3. The van der Waals surface area contributed by atoms with Crippen molar-refractivity contribution in [1.29, 1.82) is 0 Å². The Kier molecular flexibility index (Phi) is 3.25. The minimum atomic E-state index is 0.842. The Balaban J connectivity index is 0.000000396. The molecule has 2 rings (SSSR count). The van der Waals surface area contributed by atoms with Gasteiger partial charge in [0.2, 0.25) is 0 Å². The van der Waals surface area contributed by atoms with Gasteiger partial charge in [-0.2, -0.15) is 0 Å². The quantitative estimate of drug-likeness (QED) is 0.666. The lowest BCUT2D eigenvalue weighted by molar-refractivity contribution is 0.139. The van der Waals surface area contributed by atoms with E-state index in [2.05, 4.69) is 10.3 Å². The summed E-state index contributed by atoms with van der Waals surface area (Å²) in [4.78, 5) is 6.29. The maximum atomic E-state index is 4.91. The van der Waals surface area contributed by atoms with Gasteiger partial charge < -0.3 is 4.84 Å². The summed E-state index contributed by atoms with van der Waals surface area (Å²) >= 11 is 0. The second-order valence-electron chi connectivity index (χ2n) is 2.13. The van der Waals surface area contributed by atoms with Gasteiger partial charge in [-0.15, -0.1) is 5.10 Å². The molecule has 13 heavy (non-hydrogen) atoms. The lowest BCUT2D eigenvalue weighted by Gasteiger charge is -1.95. The smallest absolute Gasteiger partial charge is 0.130 e. The van der Waals surface area contributed by atoms with Crippen molar-refractivity contribution in [3.05, 3.63) is 24.3 Å². The van der Waals surface area contributed by atoms with Gasteiger partial charge in [-0.25, -0.2) is 0 Å². The summed E-state index contributed by atoms with van der Waals surface area (Å²) in [5.74, 6) is 0. The van der Waals surface area contributed by atoms with E-state index < -0.39 is 0 Å². The van der Waals surface area contributed by atoms with Crippen LogP contribution >= 0.6 is 0 Å². The van der Waals surface area contributed by atoms with Crippen LogP contribution in [0.3, 0.4) is 0 Å². The molecule has 0 N–H and O–H groups in total. The minimum Gasteiger partial charge on any atom is -0.398 e. The van der Waals surface area contributed by atoms with Crippen LogP contribution in [0.2, 0.25) is 0 Å². The number of hydrogen-bond donors (Lipinski definition) is 0. The highest BCUT2D eigenvalue weighted by Gasteiger charge is 2.00. The zero-order valence-electron chi connectivity index (χ0n) is 8.06. The average molecular weight is 179 g/mol. The van der Waals surface area contributed by atoms with Gasteiger partial charge in [-0.1, -0.05) is 30.8 Å². The highest BCUT2D eigenvalue weighted by Crippen LogP contribution is 2.07. The van der Waals surface area contributed by atoms with Gasteiger partial charge in [-0.3, -0.25) is 0 Å². The van der Waals surface area contributed by atoms with Gasteiger partial charge in [0.05, 0.1) is 0 Å². The Morgan fingerprint density at radius 3 is 2.62 bits per heavy atom. The van der Waals surface area contributed by atoms with E-state index in [-0.39, 0.29) is 0 Å². The Hall–Kier alpha value is -1.58. The van der Waals surface area contributed by atoms with Gasteiger partial charge in [-0.05, 0) is 17.3 Å². The molecule has 0 aliphatic rings. The zero-order chi connectivity index (χ0) is 9.68. The maximum absolute atomic E-state index is 4.91. The Bertz CT molecular complexity index is 370. The first-order chi connectivity index (χ1) is 6.42. The lowest BCUT2D eigenvalue weighted by Crippen LogP contribution is -2.06. The van der Waals surface area contributed by atoms with Gasteiger partial charge >= 0.3 is 0 Å². The van der Waals surface area contributed by atoms with Crippen LogP contribution < -0.4 is 4.84 Å². The molecule has 0 radical (unpaired) electrons. The summed E-state index contributed by atoms with van der Waals surface area (Å²) in [6.07, 6.45) is 0. The molecule has 1 aromatic carbocycles. The first kappa shape index (κ1) is 9.51. The first-order valence-corrected chi connectivity index (χ1v) is 4.27. The number of nitrogens with zero attached hydrogens (tertiary/aromatic N) is 3. The molecule has 0 saturated carbocycles. The Morgan fingerprint density at radius 1 is 1.23 bits per heavy atom. The summed E-state index contributed by atoms with van der Waals surface area (Å²) < 4.78 is 0. The van der Waals surface area contributed by atoms with Crippen molar-refractivity contribution < 1.29 is 4.84 Å². The van der Waals surface area contributed by atoms with Crippen molar-refractivity contribution in [2.75, 3.05) is 7.11 Å². The molecule has 0 aliphatic carbocycles. The molecule has 0 unspecified atom stereocenters. The average Bonchev–Trinajstić information content (AvgIpc) is 2.64. The Morgan fingerprint density at radius 2 is 1.92 bits per heavy atom. The van der Waals surface area contributed by atoms with Crippen molar-refractivity contribution in [3.63, 3.8) is 0 Å². The van der Waals surface area contributed by atoms with Crippen LogP contribution in [-0.4, -0.2) is 22.3 Å². The third kappa shape index (κ3) is 1.77. The predicted octanol–water partition coefficient (Wildman–Crippen LogP) is 1.52. The number of fused-ring (bicyclic) bond motifs is 1. The number of para-hydroxylation sites is 1. The zero-order valence-corrected chi connectivity index (χ0v) is 8.06. The highest BCUT2D eigenvalue weighted by molar-refractivity contribution is 5.73. The van der Waals surface area contributed by atoms with E-state index in [0.29, 0.717) is 0 Å². The van der Waals surface area contributed by atoms with Gasteiger partial charge in [0.25, 0.3) is 0 Å². The SMILES string of the molecule is CC.COn1nnc2ccccc21. The van der Waals surface area contributed by atoms with Crippen molar-refractivity contribution in [1.82, 2.24) is 15.2 Å². The summed E-state index contributed by atoms with van der Waals surface area (Å²) in [6, 6.07) is 7.62. The molecule has 0 atom stereocenters. The van der Waals surface area contributed by atoms with Crippen LogP contribution in [0.25, 0.3) is 11.0 Å². The molecule has 4 nitrogen and oxygen atoms in total. The van der Waals surface area contributed by atoms with Crippen molar-refractivity contribution in [2.24, 2.45) is 0 Å². The third-order valence-electron chi connectivity index (χ3n) is 1.49. The van der Waals surface area contributed by atoms with Crippen LogP contribution in [0, 0.1) is 0 Å². The minimum absolute atomic E-state index is 0.842. The molecule has 0 fully saturated rings. The van der Waals surface area contributed by atoms with Crippen LogP contribution in [0.15, 0.2) is 24.3 Å². The number of aromatic nitrogens is 3. The van der Waals surface area contributed by atoms with E-state index in [1.54, 1.807) is 7.11 Å². The fourth-order valence-corrected chi connectivity index (χ4v) is 0.982. The second kappa shape index (κ2) is 4.45. The number of rotatable bonds is 1. The molecule has 70 valence electrons. The lowest BCUT2D eigenvalue weighted by atomic mass is 10.3. The monoisotopic (exact) mass is 179 g/mol.